The molecule has 1 saturated heterocycles. The van der Waals surface area contributed by atoms with Crippen molar-refractivity contribution in [1.29, 1.82) is 0 Å². The van der Waals surface area contributed by atoms with Crippen LogP contribution in [0.5, 0.6) is 0 Å². The second-order valence-corrected chi connectivity index (χ2v) is 6.83. The van der Waals surface area contributed by atoms with Crippen LogP contribution in [0.25, 0.3) is 0 Å². The molecular formula is C17H25N3O3. The van der Waals surface area contributed by atoms with Gasteiger partial charge in [-0.1, -0.05) is 0 Å². The number of nitrogens with one attached hydrogen (secondary N) is 1. The minimum atomic E-state index is -0.547. The van der Waals surface area contributed by atoms with E-state index in [-0.39, 0.29) is 11.9 Å². The van der Waals surface area contributed by atoms with Crippen LogP contribution in [0, 0.1) is 0 Å². The third-order valence-corrected chi connectivity index (χ3v) is 3.60. The number of carbonyl (C=O) groups is 2. The number of benzene rings is 1. The highest BCUT2D eigenvalue weighted by Crippen LogP contribution is 2.16. The maximum atomic E-state index is 12.4. The predicted molar refractivity (Wildman–Crippen MR) is 89.4 cm³/mol. The number of hydrogen-bond acceptors (Lipinski definition) is 4. The first-order chi connectivity index (χ1) is 10.7. The van der Waals surface area contributed by atoms with Crippen LogP contribution in [0.15, 0.2) is 24.3 Å². The molecule has 3 N–H and O–H groups in total. The molecule has 6 nitrogen and oxygen atoms in total. The zero-order valence-corrected chi connectivity index (χ0v) is 14.0. The number of nitrogens with two attached hydrogens (primary N) is 1. The second-order valence-electron chi connectivity index (χ2n) is 6.83. The Labute approximate surface area is 137 Å². The molecule has 0 saturated carbocycles. The SMILES string of the molecule is CC(C)(C)OC(=O)Nc1ccc(C(=O)N2CCC(N)CC2)cc1. The van der Waals surface area contributed by atoms with Gasteiger partial charge in [0.25, 0.3) is 5.91 Å². The van der Waals surface area contributed by atoms with Crippen molar-refractivity contribution in [3.05, 3.63) is 29.8 Å². The topological polar surface area (TPSA) is 84.7 Å². The molecule has 0 unspecified atom stereocenters. The number of nitrogens with zero attached hydrogens (tertiary/aromatic N) is 1. The fourth-order valence-corrected chi connectivity index (χ4v) is 2.40. The molecule has 0 bridgehead atoms. The van der Waals surface area contributed by atoms with Crippen LogP contribution in [0.3, 0.4) is 0 Å². The Morgan fingerprint density at radius 3 is 2.26 bits per heavy atom. The average molecular weight is 319 g/mol. The molecule has 0 aliphatic carbocycles. The van der Waals surface area contributed by atoms with Gasteiger partial charge in [0.05, 0.1) is 0 Å². The molecule has 1 aliphatic rings. The molecule has 1 aliphatic heterocycles. The van der Waals surface area contributed by atoms with E-state index in [1.807, 2.05) is 4.90 Å². The van der Waals surface area contributed by atoms with E-state index in [9.17, 15) is 9.59 Å². The van der Waals surface area contributed by atoms with E-state index in [4.69, 9.17) is 10.5 Å². The number of likely N-dealkylation sites (tertiary alicyclic amines) is 1. The third-order valence-electron chi connectivity index (χ3n) is 3.60. The standard InChI is InChI=1S/C17H25N3O3/c1-17(2,3)23-16(22)19-14-6-4-12(5-7-14)15(21)20-10-8-13(18)9-11-20/h4-7,13H,8-11,18H2,1-3H3,(H,19,22). The van der Waals surface area contributed by atoms with Crippen LogP contribution < -0.4 is 11.1 Å². The first-order valence-corrected chi connectivity index (χ1v) is 7.89. The molecule has 2 rings (SSSR count). The number of piperidine rings is 1. The van der Waals surface area contributed by atoms with Gasteiger partial charge < -0.3 is 15.4 Å². The average Bonchev–Trinajstić information content (AvgIpc) is 2.46. The summed E-state index contributed by atoms with van der Waals surface area (Å²) in [6.45, 7) is 6.80. The van der Waals surface area contributed by atoms with Gasteiger partial charge in [-0.05, 0) is 57.9 Å². The van der Waals surface area contributed by atoms with Gasteiger partial charge in [-0.15, -0.1) is 0 Å². The van der Waals surface area contributed by atoms with Gasteiger partial charge in [0.15, 0.2) is 0 Å². The van der Waals surface area contributed by atoms with Gasteiger partial charge in [-0.25, -0.2) is 4.79 Å². The molecule has 126 valence electrons. The van der Waals surface area contributed by atoms with Crippen molar-refractivity contribution in [2.75, 3.05) is 18.4 Å². The lowest BCUT2D eigenvalue weighted by Gasteiger charge is -2.30. The molecule has 6 heteroatoms. The Balaban J connectivity index is 1.94. The number of ether oxygens (including phenoxy) is 1. The molecule has 0 aromatic heterocycles. The van der Waals surface area contributed by atoms with E-state index in [2.05, 4.69) is 5.32 Å². The highest BCUT2D eigenvalue weighted by molar-refractivity contribution is 5.95. The van der Waals surface area contributed by atoms with Crippen molar-refractivity contribution in [3.8, 4) is 0 Å². The zero-order chi connectivity index (χ0) is 17.0. The molecule has 1 heterocycles. The highest BCUT2D eigenvalue weighted by atomic mass is 16.6. The summed E-state index contributed by atoms with van der Waals surface area (Å²) in [4.78, 5) is 25.9. The van der Waals surface area contributed by atoms with Gasteiger partial charge in [0.2, 0.25) is 0 Å². The number of carbonyl (C=O) groups excluding carboxylic acids is 2. The number of hydrogen-bond donors (Lipinski definition) is 2. The molecular weight excluding hydrogens is 294 g/mol. The molecule has 23 heavy (non-hydrogen) atoms. The molecule has 2 amide bonds. The predicted octanol–water partition coefficient (Wildman–Crippen LogP) is 2.60. The van der Waals surface area contributed by atoms with Crippen LogP contribution in [-0.2, 0) is 4.74 Å². The van der Waals surface area contributed by atoms with Gasteiger partial charge >= 0.3 is 6.09 Å². The van der Waals surface area contributed by atoms with E-state index in [0.29, 0.717) is 24.3 Å². The summed E-state index contributed by atoms with van der Waals surface area (Å²) in [5, 5.41) is 2.65. The van der Waals surface area contributed by atoms with Crippen LogP contribution in [-0.4, -0.2) is 41.6 Å². The molecule has 1 aromatic rings. The first kappa shape index (κ1) is 17.3. The van der Waals surface area contributed by atoms with Gasteiger partial charge in [-0.2, -0.15) is 0 Å². The van der Waals surface area contributed by atoms with Crippen LogP contribution >= 0.6 is 0 Å². The maximum Gasteiger partial charge on any atom is 0.412 e. The zero-order valence-electron chi connectivity index (χ0n) is 14.0. The van der Waals surface area contributed by atoms with Crippen molar-refractivity contribution >= 4 is 17.7 Å². The van der Waals surface area contributed by atoms with Gasteiger partial charge in [0.1, 0.15) is 5.60 Å². The van der Waals surface area contributed by atoms with Crippen LogP contribution in [0.2, 0.25) is 0 Å². The lowest BCUT2D eigenvalue weighted by Crippen LogP contribution is -2.42. The van der Waals surface area contributed by atoms with E-state index in [1.165, 1.54) is 0 Å². The lowest BCUT2D eigenvalue weighted by atomic mass is 10.0. The van der Waals surface area contributed by atoms with Crippen molar-refractivity contribution in [2.45, 2.75) is 45.3 Å². The Morgan fingerprint density at radius 2 is 1.74 bits per heavy atom. The van der Waals surface area contributed by atoms with Crippen molar-refractivity contribution in [1.82, 2.24) is 4.90 Å². The molecule has 0 radical (unpaired) electrons. The minimum Gasteiger partial charge on any atom is -0.444 e. The Kier molecular flexibility index (Phi) is 5.26. The summed E-state index contributed by atoms with van der Waals surface area (Å²) in [6.07, 6.45) is 1.16. The molecule has 1 aromatic carbocycles. The fraction of sp³-hybridized carbons (Fsp3) is 0.529. The number of amides is 2. The minimum absolute atomic E-state index is 0.000665. The van der Waals surface area contributed by atoms with Crippen molar-refractivity contribution in [3.63, 3.8) is 0 Å². The summed E-state index contributed by atoms with van der Waals surface area (Å²) >= 11 is 0. The van der Waals surface area contributed by atoms with E-state index < -0.39 is 11.7 Å². The van der Waals surface area contributed by atoms with Gasteiger partial charge in [-0.3, -0.25) is 10.1 Å². The number of anilines is 1. The summed E-state index contributed by atoms with van der Waals surface area (Å²) in [6, 6.07) is 7.02. The summed E-state index contributed by atoms with van der Waals surface area (Å²) in [5.41, 5.74) is 6.51. The molecule has 1 fully saturated rings. The van der Waals surface area contributed by atoms with Gasteiger partial charge in [0, 0.05) is 30.4 Å². The Bertz CT molecular complexity index is 555. The van der Waals surface area contributed by atoms with Crippen LogP contribution in [0.1, 0.15) is 44.0 Å². The van der Waals surface area contributed by atoms with E-state index in [0.717, 1.165) is 12.8 Å². The molecule has 0 spiro atoms. The summed E-state index contributed by atoms with van der Waals surface area (Å²) in [7, 11) is 0. The van der Waals surface area contributed by atoms with Crippen molar-refractivity contribution < 1.29 is 14.3 Å². The number of rotatable bonds is 2. The Hall–Kier alpha value is -2.08. The van der Waals surface area contributed by atoms with Crippen molar-refractivity contribution in [2.24, 2.45) is 5.73 Å². The fourth-order valence-electron chi connectivity index (χ4n) is 2.40. The maximum absolute atomic E-state index is 12.4. The smallest absolute Gasteiger partial charge is 0.412 e. The largest absolute Gasteiger partial charge is 0.444 e. The monoisotopic (exact) mass is 319 g/mol. The summed E-state index contributed by atoms with van der Waals surface area (Å²) in [5.74, 6) is 0.000665. The van der Waals surface area contributed by atoms with E-state index >= 15 is 0 Å². The quantitative estimate of drug-likeness (QED) is 0.877. The van der Waals surface area contributed by atoms with Crippen LogP contribution in [0.4, 0.5) is 10.5 Å². The third kappa shape index (κ3) is 5.25. The van der Waals surface area contributed by atoms with E-state index in [1.54, 1.807) is 45.0 Å². The summed E-state index contributed by atoms with van der Waals surface area (Å²) < 4.78 is 5.19. The Morgan fingerprint density at radius 1 is 1.17 bits per heavy atom. The lowest BCUT2D eigenvalue weighted by molar-refractivity contribution is 0.0635. The second kappa shape index (κ2) is 7.00. The molecule has 0 atom stereocenters. The normalized spacial score (nSPS) is 16.1. The highest BCUT2D eigenvalue weighted by Gasteiger charge is 2.21. The first-order valence-electron chi connectivity index (χ1n) is 7.89.